The summed E-state index contributed by atoms with van der Waals surface area (Å²) in [6, 6.07) is 11.8. The zero-order chi connectivity index (χ0) is 13.8. The number of hydrogen-bond acceptors (Lipinski definition) is 3. The third-order valence-electron chi connectivity index (χ3n) is 2.66. The van der Waals surface area contributed by atoms with Crippen molar-refractivity contribution in [2.24, 2.45) is 0 Å². The monoisotopic (exact) mass is 275 g/mol. The second-order valence-electron chi connectivity index (χ2n) is 4.02. The lowest BCUT2D eigenvalue weighted by Gasteiger charge is -2.10. The fourth-order valence-electron chi connectivity index (χ4n) is 1.75. The zero-order valence-electron chi connectivity index (χ0n) is 10.5. The molecule has 0 unspecified atom stereocenters. The van der Waals surface area contributed by atoms with E-state index in [2.05, 4.69) is 0 Å². The molecule has 0 amide bonds. The highest BCUT2D eigenvalue weighted by atomic mass is 35.5. The number of ketones is 1. The molecule has 0 bridgehead atoms. The molecule has 3 nitrogen and oxygen atoms in total. The first kappa shape index (κ1) is 13.4. The summed E-state index contributed by atoms with van der Waals surface area (Å²) in [4.78, 5) is 12.4. The van der Waals surface area contributed by atoms with Gasteiger partial charge in [0.25, 0.3) is 0 Å². The molecule has 0 saturated carbocycles. The Bertz CT molecular complexity index is 594. The number of nitrogen functional groups attached to an aromatic ring is 1. The van der Waals surface area contributed by atoms with Crippen molar-refractivity contribution in [3.8, 4) is 5.75 Å². The highest BCUT2D eigenvalue weighted by Gasteiger charge is 2.15. The van der Waals surface area contributed by atoms with Crippen LogP contribution in [0.15, 0.2) is 42.5 Å². The van der Waals surface area contributed by atoms with Gasteiger partial charge in [-0.2, -0.15) is 0 Å². The lowest BCUT2D eigenvalue weighted by atomic mass is 10.0. The van der Waals surface area contributed by atoms with Gasteiger partial charge >= 0.3 is 0 Å². The number of anilines is 1. The van der Waals surface area contributed by atoms with Gasteiger partial charge < -0.3 is 10.5 Å². The summed E-state index contributed by atoms with van der Waals surface area (Å²) >= 11 is 5.95. The molecule has 0 aromatic heterocycles. The van der Waals surface area contributed by atoms with Gasteiger partial charge in [-0.1, -0.05) is 11.6 Å². The van der Waals surface area contributed by atoms with Crippen LogP contribution in [0.3, 0.4) is 0 Å². The molecular formula is C15H14ClNO2. The molecule has 0 saturated heterocycles. The predicted molar refractivity (Wildman–Crippen MR) is 76.9 cm³/mol. The molecule has 0 atom stereocenters. The van der Waals surface area contributed by atoms with Crippen molar-refractivity contribution in [3.63, 3.8) is 0 Å². The highest BCUT2D eigenvalue weighted by Crippen LogP contribution is 2.25. The molecule has 0 aliphatic carbocycles. The number of hydrogen-bond donors (Lipinski definition) is 1. The first-order valence-electron chi connectivity index (χ1n) is 5.94. The lowest BCUT2D eigenvalue weighted by molar-refractivity contribution is 0.103. The van der Waals surface area contributed by atoms with Gasteiger partial charge in [0.2, 0.25) is 0 Å². The van der Waals surface area contributed by atoms with Crippen LogP contribution in [0.2, 0.25) is 5.02 Å². The van der Waals surface area contributed by atoms with Gasteiger partial charge in [-0.25, -0.2) is 0 Å². The molecule has 0 fully saturated rings. The largest absolute Gasteiger partial charge is 0.493 e. The summed E-state index contributed by atoms with van der Waals surface area (Å²) in [5.74, 6) is 0.402. The molecule has 4 heteroatoms. The Labute approximate surface area is 117 Å². The molecule has 0 spiro atoms. The Morgan fingerprint density at radius 3 is 2.53 bits per heavy atom. The van der Waals surface area contributed by atoms with E-state index >= 15 is 0 Å². The number of carbonyl (C=O) groups is 1. The molecule has 2 aromatic rings. The number of benzene rings is 2. The van der Waals surface area contributed by atoms with Crippen LogP contribution in [0.4, 0.5) is 5.69 Å². The summed E-state index contributed by atoms with van der Waals surface area (Å²) < 4.78 is 5.45. The first-order valence-corrected chi connectivity index (χ1v) is 6.32. The van der Waals surface area contributed by atoms with Crippen LogP contribution < -0.4 is 10.5 Å². The summed E-state index contributed by atoms with van der Waals surface area (Å²) in [6.45, 7) is 2.36. The van der Waals surface area contributed by atoms with Crippen molar-refractivity contribution in [2.45, 2.75) is 6.92 Å². The lowest BCUT2D eigenvalue weighted by Crippen LogP contribution is -2.05. The molecule has 2 rings (SSSR count). The van der Waals surface area contributed by atoms with Crippen LogP contribution in [-0.4, -0.2) is 12.4 Å². The van der Waals surface area contributed by atoms with Gasteiger partial charge in [0.1, 0.15) is 5.75 Å². The standard InChI is InChI=1S/C15H14ClNO2/c1-2-19-14-8-5-11(16)9-13(14)15(18)10-3-6-12(17)7-4-10/h3-9H,2,17H2,1H3. The second-order valence-corrected chi connectivity index (χ2v) is 4.46. The Balaban J connectivity index is 2.42. The average molecular weight is 276 g/mol. The van der Waals surface area contributed by atoms with Crippen molar-refractivity contribution >= 4 is 23.1 Å². The van der Waals surface area contributed by atoms with E-state index in [1.165, 1.54) is 0 Å². The molecule has 98 valence electrons. The van der Waals surface area contributed by atoms with Crippen molar-refractivity contribution in [1.29, 1.82) is 0 Å². The minimum Gasteiger partial charge on any atom is -0.493 e. The minimum absolute atomic E-state index is 0.133. The van der Waals surface area contributed by atoms with Gasteiger partial charge in [-0.15, -0.1) is 0 Å². The Morgan fingerprint density at radius 1 is 1.21 bits per heavy atom. The SMILES string of the molecule is CCOc1ccc(Cl)cc1C(=O)c1ccc(N)cc1. The van der Waals surface area contributed by atoms with E-state index in [9.17, 15) is 4.79 Å². The second kappa shape index (κ2) is 5.76. The van der Waals surface area contributed by atoms with Crippen molar-refractivity contribution in [2.75, 3.05) is 12.3 Å². The van der Waals surface area contributed by atoms with E-state index in [-0.39, 0.29) is 5.78 Å². The first-order chi connectivity index (χ1) is 9.11. The number of rotatable bonds is 4. The van der Waals surface area contributed by atoms with Gasteiger partial charge in [0, 0.05) is 16.3 Å². The number of carbonyl (C=O) groups excluding carboxylic acids is 1. The van der Waals surface area contributed by atoms with Crippen LogP contribution in [0.5, 0.6) is 5.75 Å². The molecular weight excluding hydrogens is 262 g/mol. The molecule has 19 heavy (non-hydrogen) atoms. The molecule has 0 heterocycles. The fourth-order valence-corrected chi connectivity index (χ4v) is 1.92. The third-order valence-corrected chi connectivity index (χ3v) is 2.89. The summed E-state index contributed by atoms with van der Waals surface area (Å²) in [6.07, 6.45) is 0. The summed E-state index contributed by atoms with van der Waals surface area (Å²) in [7, 11) is 0. The fraction of sp³-hybridized carbons (Fsp3) is 0.133. The van der Waals surface area contributed by atoms with Crippen LogP contribution in [0.1, 0.15) is 22.8 Å². The number of ether oxygens (including phenoxy) is 1. The molecule has 2 aromatic carbocycles. The average Bonchev–Trinajstić information content (AvgIpc) is 2.41. The predicted octanol–water partition coefficient (Wildman–Crippen LogP) is 3.55. The Kier molecular flexibility index (Phi) is 4.07. The van der Waals surface area contributed by atoms with Gasteiger partial charge in [-0.3, -0.25) is 4.79 Å². The van der Waals surface area contributed by atoms with Crippen molar-refractivity contribution in [3.05, 3.63) is 58.6 Å². The van der Waals surface area contributed by atoms with Crippen LogP contribution in [-0.2, 0) is 0 Å². The maximum atomic E-state index is 12.4. The summed E-state index contributed by atoms with van der Waals surface area (Å²) in [5, 5.41) is 0.502. The topological polar surface area (TPSA) is 52.3 Å². The van der Waals surface area contributed by atoms with E-state index in [4.69, 9.17) is 22.1 Å². The third kappa shape index (κ3) is 3.06. The van der Waals surface area contributed by atoms with Crippen LogP contribution in [0.25, 0.3) is 0 Å². The number of nitrogens with two attached hydrogens (primary N) is 1. The molecule has 0 aliphatic rings. The molecule has 0 aliphatic heterocycles. The van der Waals surface area contributed by atoms with Crippen LogP contribution in [0, 0.1) is 0 Å². The van der Waals surface area contributed by atoms with Gasteiger partial charge in [0.05, 0.1) is 12.2 Å². The van der Waals surface area contributed by atoms with E-state index in [1.54, 1.807) is 42.5 Å². The van der Waals surface area contributed by atoms with Crippen LogP contribution >= 0.6 is 11.6 Å². The smallest absolute Gasteiger partial charge is 0.196 e. The summed E-state index contributed by atoms with van der Waals surface area (Å²) in [5.41, 5.74) is 7.24. The van der Waals surface area contributed by atoms with E-state index in [0.717, 1.165) is 0 Å². The Morgan fingerprint density at radius 2 is 1.89 bits per heavy atom. The highest BCUT2D eigenvalue weighted by molar-refractivity contribution is 6.31. The normalized spacial score (nSPS) is 10.2. The molecule has 2 N–H and O–H groups in total. The Hall–Kier alpha value is -2.00. The molecule has 0 radical (unpaired) electrons. The maximum absolute atomic E-state index is 12.4. The minimum atomic E-state index is -0.133. The maximum Gasteiger partial charge on any atom is 0.196 e. The van der Waals surface area contributed by atoms with Crippen molar-refractivity contribution < 1.29 is 9.53 Å². The van der Waals surface area contributed by atoms with Gasteiger partial charge in [-0.05, 0) is 49.4 Å². The van der Waals surface area contributed by atoms with Gasteiger partial charge in [0.15, 0.2) is 5.78 Å². The van der Waals surface area contributed by atoms with E-state index in [0.29, 0.717) is 34.2 Å². The zero-order valence-corrected chi connectivity index (χ0v) is 11.3. The quantitative estimate of drug-likeness (QED) is 0.686. The van der Waals surface area contributed by atoms with Crippen molar-refractivity contribution in [1.82, 2.24) is 0 Å². The van der Waals surface area contributed by atoms with E-state index < -0.39 is 0 Å². The van der Waals surface area contributed by atoms with E-state index in [1.807, 2.05) is 6.92 Å². The number of halogens is 1.